The third-order valence-corrected chi connectivity index (χ3v) is 5.46. The minimum atomic E-state index is -0.280. The SMILES string of the molecule is CCOc1ccc(C2c3c(-c4ccccc4)n[nH]c3C(=O)N2CCCOC)cc1OC. The summed E-state index contributed by atoms with van der Waals surface area (Å²) in [4.78, 5) is 15.2. The van der Waals surface area contributed by atoms with Gasteiger partial charge in [-0.3, -0.25) is 9.89 Å². The highest BCUT2D eigenvalue weighted by molar-refractivity contribution is 6.00. The van der Waals surface area contributed by atoms with Gasteiger partial charge >= 0.3 is 0 Å². The number of hydrogen-bond acceptors (Lipinski definition) is 5. The maximum atomic E-state index is 13.3. The highest BCUT2D eigenvalue weighted by Crippen LogP contribution is 2.44. The van der Waals surface area contributed by atoms with E-state index in [0.29, 0.717) is 37.0 Å². The van der Waals surface area contributed by atoms with Gasteiger partial charge in [0.25, 0.3) is 5.91 Å². The number of amides is 1. The first-order valence-electron chi connectivity index (χ1n) is 10.4. The number of benzene rings is 2. The fraction of sp³-hybridized carbons (Fsp3) is 0.333. The topological polar surface area (TPSA) is 76.7 Å². The van der Waals surface area contributed by atoms with Crippen LogP contribution in [0.25, 0.3) is 11.3 Å². The van der Waals surface area contributed by atoms with Crippen molar-refractivity contribution in [2.75, 3.05) is 34.0 Å². The molecular weight excluding hydrogens is 394 g/mol. The van der Waals surface area contributed by atoms with Crippen LogP contribution in [-0.2, 0) is 4.74 Å². The van der Waals surface area contributed by atoms with Crippen molar-refractivity contribution in [1.29, 1.82) is 0 Å². The number of carbonyl (C=O) groups excluding carboxylic acids is 1. The molecule has 1 aromatic heterocycles. The molecule has 0 saturated heterocycles. The van der Waals surface area contributed by atoms with Gasteiger partial charge < -0.3 is 19.1 Å². The molecule has 0 spiro atoms. The number of carbonyl (C=O) groups is 1. The number of fused-ring (bicyclic) bond motifs is 1. The summed E-state index contributed by atoms with van der Waals surface area (Å²) in [6.45, 7) is 3.64. The van der Waals surface area contributed by atoms with Crippen molar-refractivity contribution < 1.29 is 19.0 Å². The number of aromatic amines is 1. The molecule has 7 nitrogen and oxygen atoms in total. The van der Waals surface area contributed by atoms with E-state index in [0.717, 1.165) is 28.8 Å². The normalized spacial score (nSPS) is 15.3. The number of ether oxygens (including phenoxy) is 3. The summed E-state index contributed by atoms with van der Waals surface area (Å²) < 4.78 is 16.5. The molecule has 1 aliphatic heterocycles. The van der Waals surface area contributed by atoms with Crippen molar-refractivity contribution in [3.8, 4) is 22.8 Å². The molecule has 162 valence electrons. The number of methoxy groups -OCH3 is 2. The van der Waals surface area contributed by atoms with Crippen LogP contribution in [0.2, 0.25) is 0 Å². The second-order valence-electron chi connectivity index (χ2n) is 7.32. The fourth-order valence-corrected chi connectivity index (χ4v) is 4.10. The van der Waals surface area contributed by atoms with Gasteiger partial charge in [-0.2, -0.15) is 5.10 Å². The lowest BCUT2D eigenvalue weighted by Gasteiger charge is -2.27. The Kier molecular flexibility index (Phi) is 6.23. The highest BCUT2D eigenvalue weighted by atomic mass is 16.5. The molecule has 1 aliphatic rings. The molecule has 1 atom stereocenters. The summed E-state index contributed by atoms with van der Waals surface area (Å²) in [6.07, 6.45) is 0.741. The first-order chi connectivity index (χ1) is 15.2. The standard InChI is InChI=1S/C24H27N3O4/c1-4-31-18-12-11-17(15-19(18)30-3)23-20-21(16-9-6-5-7-10-16)25-26-22(20)24(28)27(23)13-8-14-29-2/h5-7,9-12,15,23H,4,8,13-14H2,1-3H3,(H,25,26). The number of hydrogen-bond donors (Lipinski definition) is 1. The fourth-order valence-electron chi connectivity index (χ4n) is 4.10. The van der Waals surface area contributed by atoms with E-state index in [1.807, 2.05) is 60.4 Å². The lowest BCUT2D eigenvalue weighted by molar-refractivity contribution is 0.0723. The van der Waals surface area contributed by atoms with Crippen LogP contribution in [0, 0.1) is 0 Å². The number of rotatable bonds is 9. The van der Waals surface area contributed by atoms with E-state index in [-0.39, 0.29) is 11.9 Å². The Hall–Kier alpha value is -3.32. The minimum absolute atomic E-state index is 0.0568. The van der Waals surface area contributed by atoms with Crippen LogP contribution in [0.5, 0.6) is 11.5 Å². The lowest BCUT2D eigenvalue weighted by atomic mass is 9.95. The molecule has 3 aromatic rings. The molecule has 2 heterocycles. The van der Waals surface area contributed by atoms with E-state index in [1.165, 1.54) is 0 Å². The molecule has 31 heavy (non-hydrogen) atoms. The molecule has 2 aromatic carbocycles. The average Bonchev–Trinajstić information content (AvgIpc) is 3.34. The van der Waals surface area contributed by atoms with Gasteiger partial charge in [0.15, 0.2) is 11.5 Å². The van der Waals surface area contributed by atoms with Crippen LogP contribution in [0.1, 0.15) is 41.0 Å². The van der Waals surface area contributed by atoms with Crippen molar-refractivity contribution in [2.24, 2.45) is 0 Å². The third kappa shape index (κ3) is 3.88. The van der Waals surface area contributed by atoms with Gasteiger partial charge in [-0.25, -0.2) is 0 Å². The Morgan fingerprint density at radius 1 is 1.10 bits per heavy atom. The van der Waals surface area contributed by atoms with Gasteiger partial charge in [-0.05, 0) is 31.0 Å². The first-order valence-corrected chi connectivity index (χ1v) is 10.4. The van der Waals surface area contributed by atoms with Gasteiger partial charge in [0.2, 0.25) is 0 Å². The van der Waals surface area contributed by atoms with Crippen LogP contribution in [0.4, 0.5) is 0 Å². The zero-order valence-electron chi connectivity index (χ0n) is 18.1. The van der Waals surface area contributed by atoms with Gasteiger partial charge in [0.05, 0.1) is 25.5 Å². The monoisotopic (exact) mass is 421 g/mol. The second-order valence-corrected chi connectivity index (χ2v) is 7.32. The Morgan fingerprint density at radius 3 is 2.61 bits per heavy atom. The zero-order chi connectivity index (χ0) is 21.8. The summed E-state index contributed by atoms with van der Waals surface area (Å²) in [6, 6.07) is 15.5. The van der Waals surface area contributed by atoms with Crippen molar-refractivity contribution in [2.45, 2.75) is 19.4 Å². The van der Waals surface area contributed by atoms with Gasteiger partial charge in [-0.15, -0.1) is 0 Å². The van der Waals surface area contributed by atoms with E-state index < -0.39 is 0 Å². The van der Waals surface area contributed by atoms with Crippen molar-refractivity contribution in [1.82, 2.24) is 15.1 Å². The van der Waals surface area contributed by atoms with Crippen LogP contribution >= 0.6 is 0 Å². The third-order valence-electron chi connectivity index (χ3n) is 5.46. The molecule has 4 rings (SSSR count). The number of H-pyrrole nitrogens is 1. The van der Waals surface area contributed by atoms with E-state index in [2.05, 4.69) is 10.2 Å². The molecule has 0 radical (unpaired) electrons. The smallest absolute Gasteiger partial charge is 0.273 e. The summed E-state index contributed by atoms with van der Waals surface area (Å²) in [5.74, 6) is 1.26. The van der Waals surface area contributed by atoms with Crippen LogP contribution in [0.15, 0.2) is 48.5 Å². The maximum Gasteiger partial charge on any atom is 0.273 e. The highest BCUT2D eigenvalue weighted by Gasteiger charge is 2.42. The Bertz CT molecular complexity index is 1050. The molecule has 0 bridgehead atoms. The summed E-state index contributed by atoms with van der Waals surface area (Å²) >= 11 is 0. The van der Waals surface area contributed by atoms with Gasteiger partial charge in [0.1, 0.15) is 5.69 Å². The summed E-state index contributed by atoms with van der Waals surface area (Å²) in [7, 11) is 3.29. The second kappa shape index (κ2) is 9.22. The number of nitrogens with one attached hydrogen (secondary N) is 1. The largest absolute Gasteiger partial charge is 0.493 e. The lowest BCUT2D eigenvalue weighted by Crippen LogP contribution is -2.31. The first kappa shape index (κ1) is 20.9. The molecular formula is C24H27N3O4. The van der Waals surface area contributed by atoms with Crippen LogP contribution in [0.3, 0.4) is 0 Å². The average molecular weight is 421 g/mol. The summed E-state index contributed by atoms with van der Waals surface area (Å²) in [5, 5.41) is 7.49. The Morgan fingerprint density at radius 2 is 1.90 bits per heavy atom. The summed E-state index contributed by atoms with van der Waals surface area (Å²) in [5.41, 5.74) is 4.13. The maximum absolute atomic E-state index is 13.3. The quantitative estimate of drug-likeness (QED) is 0.527. The van der Waals surface area contributed by atoms with Crippen molar-refractivity contribution in [3.63, 3.8) is 0 Å². The van der Waals surface area contributed by atoms with Gasteiger partial charge in [0, 0.05) is 31.4 Å². The number of nitrogens with zero attached hydrogens (tertiary/aromatic N) is 2. The van der Waals surface area contributed by atoms with Crippen LogP contribution in [-0.4, -0.2) is 55.0 Å². The zero-order valence-corrected chi connectivity index (χ0v) is 18.1. The predicted octanol–water partition coefficient (Wildman–Crippen LogP) is 4.07. The Balaban J connectivity index is 1.82. The van der Waals surface area contributed by atoms with E-state index in [1.54, 1.807) is 14.2 Å². The molecule has 1 amide bonds. The molecule has 1 N–H and O–H groups in total. The number of aromatic nitrogens is 2. The van der Waals surface area contributed by atoms with Crippen LogP contribution < -0.4 is 9.47 Å². The van der Waals surface area contributed by atoms with Crippen molar-refractivity contribution >= 4 is 5.91 Å². The van der Waals surface area contributed by atoms with Gasteiger partial charge in [-0.1, -0.05) is 36.4 Å². The molecule has 1 unspecified atom stereocenters. The Labute approximate surface area is 181 Å². The van der Waals surface area contributed by atoms with Crippen molar-refractivity contribution in [3.05, 3.63) is 65.4 Å². The molecule has 0 fully saturated rings. The predicted molar refractivity (Wildman–Crippen MR) is 118 cm³/mol. The minimum Gasteiger partial charge on any atom is -0.493 e. The molecule has 7 heteroatoms. The van der Waals surface area contributed by atoms with E-state index in [9.17, 15) is 4.79 Å². The van der Waals surface area contributed by atoms with E-state index >= 15 is 0 Å². The molecule has 0 saturated carbocycles. The molecule has 0 aliphatic carbocycles. The van der Waals surface area contributed by atoms with E-state index in [4.69, 9.17) is 14.2 Å².